The van der Waals surface area contributed by atoms with Crippen molar-refractivity contribution < 1.29 is 0 Å². The van der Waals surface area contributed by atoms with Crippen LogP contribution in [0.15, 0.2) is 219 Å². The molecule has 11 rings (SSSR count). The van der Waals surface area contributed by atoms with Crippen LogP contribution in [0.5, 0.6) is 0 Å². The van der Waals surface area contributed by atoms with Crippen LogP contribution in [-0.2, 0) is 0 Å². The van der Waals surface area contributed by atoms with E-state index in [-0.39, 0.29) is 0 Å². The van der Waals surface area contributed by atoms with E-state index in [4.69, 9.17) is 0 Å². The van der Waals surface area contributed by atoms with Gasteiger partial charge >= 0.3 is 0 Å². The third-order valence-electron chi connectivity index (χ3n) is 11.4. The lowest BCUT2D eigenvalue weighted by atomic mass is 9.82. The van der Waals surface area contributed by atoms with Gasteiger partial charge in [0.25, 0.3) is 0 Å². The topological polar surface area (TPSA) is 16.1 Å². The number of rotatable bonds is 7. The maximum absolute atomic E-state index is 4.58. The lowest BCUT2D eigenvalue weighted by Gasteiger charge is -2.26. The van der Waals surface area contributed by atoms with Crippen LogP contribution in [0.2, 0.25) is 0 Å². The number of para-hydroxylation sites is 1. The average Bonchev–Trinajstić information content (AvgIpc) is 3.62. The number of hydrogen-bond donors (Lipinski definition) is 0. The third kappa shape index (κ3) is 5.45. The number of nitrogens with zero attached hydrogens (tertiary/aromatic N) is 2. The smallest absolute Gasteiger partial charge is 0.0701 e. The Morgan fingerprint density at radius 3 is 1.46 bits per heavy atom. The average molecular weight is 725 g/mol. The SMILES string of the molecule is c1ccc(-c2c3c(c(-c4ccccc4)c4ccccc24)-c2ccc(-c4cccc(N(c5ccccc5)c5ccc(-c6ccccn6)cc5)c4)c4cccc-3c24)cc1. The predicted molar refractivity (Wildman–Crippen MR) is 240 cm³/mol. The van der Waals surface area contributed by atoms with Crippen LogP contribution in [-0.4, -0.2) is 4.98 Å². The Bertz CT molecular complexity index is 2990. The van der Waals surface area contributed by atoms with Crippen molar-refractivity contribution in [2.45, 2.75) is 0 Å². The summed E-state index contributed by atoms with van der Waals surface area (Å²) in [5, 5.41) is 5.11. The van der Waals surface area contributed by atoms with Crippen LogP contribution in [0.25, 0.3) is 88.4 Å². The molecule has 0 amide bonds. The molecule has 0 radical (unpaired) electrons. The highest BCUT2D eigenvalue weighted by atomic mass is 15.1. The maximum Gasteiger partial charge on any atom is 0.0701 e. The molecule has 57 heavy (non-hydrogen) atoms. The number of aromatic nitrogens is 1. The molecule has 0 aliphatic heterocycles. The molecule has 0 spiro atoms. The molecule has 10 aromatic rings. The van der Waals surface area contributed by atoms with Gasteiger partial charge in [-0.3, -0.25) is 4.98 Å². The lowest BCUT2D eigenvalue weighted by Crippen LogP contribution is -2.09. The van der Waals surface area contributed by atoms with Crippen molar-refractivity contribution >= 4 is 38.6 Å². The van der Waals surface area contributed by atoms with E-state index >= 15 is 0 Å². The molecule has 1 aliphatic carbocycles. The number of fused-ring (bicyclic) bond motifs is 4. The summed E-state index contributed by atoms with van der Waals surface area (Å²) in [4.78, 5) is 6.92. The fraction of sp³-hybridized carbons (Fsp3) is 0. The zero-order valence-corrected chi connectivity index (χ0v) is 31.2. The minimum absolute atomic E-state index is 0.964. The molecule has 266 valence electrons. The molecule has 0 unspecified atom stereocenters. The Morgan fingerprint density at radius 2 is 0.807 bits per heavy atom. The van der Waals surface area contributed by atoms with Crippen LogP contribution < -0.4 is 4.90 Å². The fourth-order valence-electron chi connectivity index (χ4n) is 9.01. The van der Waals surface area contributed by atoms with Gasteiger partial charge in [-0.25, -0.2) is 0 Å². The van der Waals surface area contributed by atoms with Crippen LogP contribution in [0, 0.1) is 0 Å². The first-order valence-electron chi connectivity index (χ1n) is 19.5. The van der Waals surface area contributed by atoms with Crippen LogP contribution in [0.3, 0.4) is 0 Å². The highest BCUT2D eigenvalue weighted by Gasteiger charge is 2.31. The van der Waals surface area contributed by atoms with Gasteiger partial charge in [0.15, 0.2) is 0 Å². The summed E-state index contributed by atoms with van der Waals surface area (Å²) in [5.74, 6) is 0. The molecular formula is C55H36N2. The largest absolute Gasteiger partial charge is 0.310 e. The van der Waals surface area contributed by atoms with E-state index < -0.39 is 0 Å². The Hall–Kier alpha value is -7.55. The Labute approximate surface area is 332 Å². The molecule has 2 heteroatoms. The Morgan fingerprint density at radius 1 is 0.298 bits per heavy atom. The van der Waals surface area contributed by atoms with E-state index in [0.717, 1.165) is 28.3 Å². The summed E-state index contributed by atoms with van der Waals surface area (Å²) in [5.41, 5.74) is 18.0. The van der Waals surface area contributed by atoms with Gasteiger partial charge < -0.3 is 4.90 Å². The first kappa shape index (κ1) is 32.8. The fourth-order valence-corrected chi connectivity index (χ4v) is 9.01. The van der Waals surface area contributed by atoms with E-state index in [0.29, 0.717) is 0 Å². The Kier molecular flexibility index (Phi) is 7.86. The van der Waals surface area contributed by atoms with Crippen molar-refractivity contribution in [1.82, 2.24) is 4.98 Å². The molecule has 0 saturated carbocycles. The highest BCUT2D eigenvalue weighted by Crippen LogP contribution is 2.58. The van der Waals surface area contributed by atoms with Crippen LogP contribution in [0.1, 0.15) is 0 Å². The van der Waals surface area contributed by atoms with Crippen molar-refractivity contribution in [1.29, 1.82) is 0 Å². The summed E-state index contributed by atoms with van der Waals surface area (Å²) >= 11 is 0. The van der Waals surface area contributed by atoms with Crippen LogP contribution >= 0.6 is 0 Å². The molecule has 0 atom stereocenters. The standard InChI is InChI=1S/C55H36N2/c1-4-16-38(17-5-1)51-46-24-10-11-25-47(46)52(39-18-6-2-7-19-39)55-49-34-33-44(45-26-15-27-48(53(45)49)54(51)55)40-20-14-23-43(36-40)57(41-21-8-3-9-22-41)42-31-29-37(30-32-42)50-28-12-13-35-56-50/h1-36H. The summed E-state index contributed by atoms with van der Waals surface area (Å²) in [6.45, 7) is 0. The van der Waals surface area contributed by atoms with Gasteiger partial charge in [0.2, 0.25) is 0 Å². The molecule has 9 aromatic carbocycles. The molecule has 2 nitrogen and oxygen atoms in total. The van der Waals surface area contributed by atoms with Gasteiger partial charge in [-0.2, -0.15) is 0 Å². The number of pyridine rings is 1. The third-order valence-corrected chi connectivity index (χ3v) is 11.4. The second-order valence-electron chi connectivity index (χ2n) is 14.6. The van der Waals surface area contributed by atoms with Gasteiger partial charge in [0, 0.05) is 28.8 Å². The molecule has 1 aliphatic rings. The van der Waals surface area contributed by atoms with Crippen molar-refractivity contribution in [3.63, 3.8) is 0 Å². The van der Waals surface area contributed by atoms with E-state index in [1.165, 1.54) is 77.2 Å². The molecule has 0 N–H and O–H groups in total. The van der Waals surface area contributed by atoms with E-state index in [9.17, 15) is 0 Å². The molecular weight excluding hydrogens is 689 g/mol. The van der Waals surface area contributed by atoms with Crippen molar-refractivity contribution in [2.75, 3.05) is 4.90 Å². The first-order chi connectivity index (χ1) is 28.3. The van der Waals surface area contributed by atoms with Gasteiger partial charge in [-0.15, -0.1) is 0 Å². The molecule has 1 heterocycles. The predicted octanol–water partition coefficient (Wildman–Crippen LogP) is 15.2. The normalized spacial score (nSPS) is 11.5. The summed E-state index contributed by atoms with van der Waals surface area (Å²) in [6, 6.07) is 76.8. The van der Waals surface area contributed by atoms with Gasteiger partial charge in [0.1, 0.15) is 0 Å². The van der Waals surface area contributed by atoms with Crippen molar-refractivity contribution in [2.24, 2.45) is 0 Å². The summed E-state index contributed by atoms with van der Waals surface area (Å²) in [6.07, 6.45) is 1.84. The van der Waals surface area contributed by atoms with E-state index in [1.54, 1.807) is 0 Å². The zero-order chi connectivity index (χ0) is 37.7. The lowest BCUT2D eigenvalue weighted by molar-refractivity contribution is 1.28. The van der Waals surface area contributed by atoms with Gasteiger partial charge in [-0.05, 0) is 126 Å². The van der Waals surface area contributed by atoms with E-state index in [1.807, 2.05) is 18.3 Å². The number of hydrogen-bond acceptors (Lipinski definition) is 2. The zero-order valence-electron chi connectivity index (χ0n) is 31.2. The number of benzene rings is 9. The second kappa shape index (κ2) is 13.6. The summed E-state index contributed by atoms with van der Waals surface area (Å²) < 4.78 is 0. The molecule has 0 saturated heterocycles. The second-order valence-corrected chi connectivity index (χ2v) is 14.6. The highest BCUT2D eigenvalue weighted by molar-refractivity contribution is 6.28. The van der Waals surface area contributed by atoms with E-state index in [2.05, 4.69) is 210 Å². The minimum Gasteiger partial charge on any atom is -0.310 e. The molecule has 1 aromatic heterocycles. The van der Waals surface area contributed by atoms with Gasteiger partial charge in [-0.1, -0.05) is 164 Å². The number of anilines is 3. The van der Waals surface area contributed by atoms with Crippen molar-refractivity contribution in [3.05, 3.63) is 219 Å². The quantitative estimate of drug-likeness (QED) is 0.163. The Balaban J connectivity index is 1.11. The first-order valence-corrected chi connectivity index (χ1v) is 19.5. The molecule has 0 fully saturated rings. The maximum atomic E-state index is 4.58. The van der Waals surface area contributed by atoms with Crippen LogP contribution in [0.4, 0.5) is 17.1 Å². The van der Waals surface area contributed by atoms with Crippen molar-refractivity contribution in [3.8, 4) is 66.9 Å². The van der Waals surface area contributed by atoms with Gasteiger partial charge in [0.05, 0.1) is 5.69 Å². The molecule has 0 bridgehead atoms. The monoisotopic (exact) mass is 724 g/mol. The summed E-state index contributed by atoms with van der Waals surface area (Å²) in [7, 11) is 0. The minimum atomic E-state index is 0.964.